The monoisotopic (exact) mass is 764 g/mol. The van der Waals surface area contributed by atoms with E-state index in [-0.39, 0.29) is 36.0 Å². The zero-order valence-corrected chi connectivity index (χ0v) is 34.9. The number of amides is 2. The number of ether oxygens (including phenoxy) is 4. The molecule has 306 valence electrons. The Labute approximate surface area is 329 Å². The van der Waals surface area contributed by atoms with Crippen molar-refractivity contribution in [3.63, 3.8) is 0 Å². The molecule has 2 N–H and O–H groups in total. The molecule has 0 bridgehead atoms. The molecule has 10 atom stereocenters. The minimum absolute atomic E-state index is 0.0849. The van der Waals surface area contributed by atoms with Crippen LogP contribution in [0.25, 0.3) is 0 Å². The number of nitrogens with one attached hydrogen (secondary N) is 2. The molecule has 0 aromatic heterocycles. The molecule has 55 heavy (non-hydrogen) atoms. The van der Waals surface area contributed by atoms with Gasteiger partial charge in [-0.2, -0.15) is 0 Å². The summed E-state index contributed by atoms with van der Waals surface area (Å²) in [6, 6.07) is 8.34. The summed E-state index contributed by atoms with van der Waals surface area (Å²) in [5, 5.41) is 5.05. The van der Waals surface area contributed by atoms with Crippen LogP contribution in [0.3, 0.4) is 0 Å². The highest BCUT2D eigenvalue weighted by Crippen LogP contribution is 2.67. The molecule has 3 saturated carbocycles. The number of hydrogen-bond acceptors (Lipinski definition) is 8. The van der Waals surface area contributed by atoms with Crippen molar-refractivity contribution in [2.75, 3.05) is 6.54 Å². The molecule has 3 fully saturated rings. The van der Waals surface area contributed by atoms with Crippen molar-refractivity contribution < 1.29 is 38.1 Å². The molecule has 10 nitrogen and oxygen atoms in total. The van der Waals surface area contributed by atoms with Gasteiger partial charge in [0.1, 0.15) is 37.0 Å². The van der Waals surface area contributed by atoms with Gasteiger partial charge in [0, 0.05) is 12.3 Å². The fraction of sp³-hybridized carbons (Fsp3) is 0.733. The summed E-state index contributed by atoms with van der Waals surface area (Å²) in [4.78, 5) is 51.2. The van der Waals surface area contributed by atoms with Crippen molar-refractivity contribution in [2.45, 2.75) is 157 Å². The summed E-state index contributed by atoms with van der Waals surface area (Å²) in [5.74, 6) is 1.99. The number of carbonyl (C=O) groups is 4. The van der Waals surface area contributed by atoms with Gasteiger partial charge in [0.05, 0.1) is 0 Å². The van der Waals surface area contributed by atoms with E-state index in [1.807, 2.05) is 51.1 Å². The zero-order valence-electron chi connectivity index (χ0n) is 34.9. The normalized spacial score (nSPS) is 31.1. The predicted octanol–water partition coefficient (Wildman–Crippen LogP) is 9.30. The Kier molecular flexibility index (Phi) is 13.7. The molecule has 10 heteroatoms. The minimum Gasteiger partial charge on any atom is -0.461 e. The lowest BCUT2D eigenvalue weighted by Gasteiger charge is -2.59. The second kappa shape index (κ2) is 17.7. The van der Waals surface area contributed by atoms with Crippen molar-refractivity contribution >= 4 is 24.1 Å². The summed E-state index contributed by atoms with van der Waals surface area (Å²) in [6.45, 7) is 18.9. The Bertz CT molecular complexity index is 1540. The lowest BCUT2D eigenvalue weighted by Crippen LogP contribution is -2.56. The van der Waals surface area contributed by atoms with Crippen LogP contribution in [0.15, 0.2) is 42.0 Å². The van der Waals surface area contributed by atoms with Crippen LogP contribution in [0.5, 0.6) is 0 Å². The summed E-state index contributed by atoms with van der Waals surface area (Å²) in [6.07, 6.45) is 10.6. The van der Waals surface area contributed by atoms with Gasteiger partial charge in [0.25, 0.3) is 0 Å². The van der Waals surface area contributed by atoms with Crippen LogP contribution < -0.4 is 10.6 Å². The molecule has 0 saturated heterocycles. The Hall–Kier alpha value is -3.56. The molecule has 1 aromatic carbocycles. The van der Waals surface area contributed by atoms with Gasteiger partial charge in [-0.1, -0.05) is 89.8 Å². The lowest BCUT2D eigenvalue weighted by molar-refractivity contribution is -0.155. The highest BCUT2D eigenvalue weighted by atomic mass is 16.7. The molecule has 0 heterocycles. The Morgan fingerprint density at radius 3 is 2.31 bits per heavy atom. The van der Waals surface area contributed by atoms with E-state index in [4.69, 9.17) is 18.9 Å². The highest BCUT2D eigenvalue weighted by molar-refractivity contribution is 5.87. The van der Waals surface area contributed by atoms with Crippen LogP contribution in [0.1, 0.15) is 132 Å². The van der Waals surface area contributed by atoms with Crippen LogP contribution in [-0.2, 0) is 35.1 Å². The molecule has 0 radical (unpaired) electrons. The van der Waals surface area contributed by atoms with Crippen molar-refractivity contribution in [3.05, 3.63) is 47.5 Å². The van der Waals surface area contributed by atoms with Gasteiger partial charge in [-0.3, -0.25) is 4.79 Å². The van der Waals surface area contributed by atoms with E-state index in [1.54, 1.807) is 6.92 Å². The van der Waals surface area contributed by atoms with E-state index in [0.717, 1.165) is 30.7 Å². The maximum atomic E-state index is 13.3. The third-order valence-electron chi connectivity index (χ3n) is 13.5. The van der Waals surface area contributed by atoms with E-state index < -0.39 is 41.9 Å². The van der Waals surface area contributed by atoms with Gasteiger partial charge in [-0.25, -0.2) is 14.4 Å². The predicted molar refractivity (Wildman–Crippen MR) is 212 cm³/mol. The van der Waals surface area contributed by atoms with Crippen molar-refractivity contribution in [3.8, 4) is 0 Å². The number of carbonyl (C=O) groups excluding carboxylic acids is 4. The number of rotatable bonds is 13. The second-order valence-corrected chi connectivity index (χ2v) is 19.0. The number of hydrogen-bond donors (Lipinski definition) is 2. The van der Waals surface area contributed by atoms with Gasteiger partial charge in [-0.05, 0) is 118 Å². The zero-order chi connectivity index (χ0) is 40.1. The van der Waals surface area contributed by atoms with Crippen LogP contribution >= 0.6 is 0 Å². The maximum absolute atomic E-state index is 13.3. The van der Waals surface area contributed by atoms with Gasteiger partial charge < -0.3 is 29.6 Å². The summed E-state index contributed by atoms with van der Waals surface area (Å²) < 4.78 is 23.2. The SMILES string of the molecule is CC(C)CCCC(C)C1CCC2C3C(OC(=O)OC(C)(C)C)C=C4CC(OC(=O)C(C)NC(=O)CNC(=O)OCc5ccccc5)CCC4(C)C3CCC12C. The average molecular weight is 765 g/mol. The van der Waals surface area contributed by atoms with Gasteiger partial charge in [0.2, 0.25) is 5.91 Å². The topological polar surface area (TPSA) is 129 Å². The molecule has 4 aliphatic carbocycles. The van der Waals surface area contributed by atoms with Crippen LogP contribution in [0, 0.1) is 46.3 Å². The summed E-state index contributed by atoms with van der Waals surface area (Å²) >= 11 is 0. The smallest absolute Gasteiger partial charge is 0.461 e. The van der Waals surface area contributed by atoms with Gasteiger partial charge in [0.15, 0.2) is 0 Å². The average Bonchev–Trinajstić information content (AvgIpc) is 3.47. The summed E-state index contributed by atoms with van der Waals surface area (Å²) in [7, 11) is 0. The Morgan fingerprint density at radius 1 is 0.891 bits per heavy atom. The first-order valence-electron chi connectivity index (χ1n) is 20.9. The van der Waals surface area contributed by atoms with Crippen LogP contribution in [0.4, 0.5) is 9.59 Å². The lowest BCUT2D eigenvalue weighted by atomic mass is 9.46. The fourth-order valence-electron chi connectivity index (χ4n) is 10.8. The van der Waals surface area contributed by atoms with Gasteiger partial charge >= 0.3 is 18.2 Å². The van der Waals surface area contributed by atoms with Crippen LogP contribution in [0.2, 0.25) is 0 Å². The fourth-order valence-corrected chi connectivity index (χ4v) is 10.8. The van der Waals surface area contributed by atoms with Gasteiger partial charge in [-0.15, -0.1) is 0 Å². The number of benzene rings is 1. The first-order chi connectivity index (χ1) is 25.9. The van der Waals surface area contributed by atoms with E-state index in [1.165, 1.54) is 37.7 Å². The molecular formula is C45H68N2O8. The maximum Gasteiger partial charge on any atom is 0.509 e. The molecule has 2 amide bonds. The first kappa shape index (κ1) is 42.6. The summed E-state index contributed by atoms with van der Waals surface area (Å²) in [5.41, 5.74) is 1.44. The van der Waals surface area contributed by atoms with E-state index in [0.29, 0.717) is 36.5 Å². The van der Waals surface area contributed by atoms with Crippen molar-refractivity contribution in [1.29, 1.82) is 0 Å². The van der Waals surface area contributed by atoms with Crippen LogP contribution in [-0.4, -0.2) is 54.5 Å². The number of esters is 1. The molecule has 0 aliphatic heterocycles. The van der Waals surface area contributed by atoms with E-state index >= 15 is 0 Å². The quantitative estimate of drug-likeness (QED) is 0.116. The Morgan fingerprint density at radius 2 is 1.62 bits per heavy atom. The third-order valence-corrected chi connectivity index (χ3v) is 13.5. The molecule has 0 spiro atoms. The molecule has 4 aliphatic rings. The number of fused-ring (bicyclic) bond motifs is 5. The molecular weight excluding hydrogens is 697 g/mol. The number of alkyl carbamates (subject to hydrolysis) is 1. The largest absolute Gasteiger partial charge is 0.509 e. The molecule has 5 rings (SSSR count). The third kappa shape index (κ3) is 10.4. The second-order valence-electron chi connectivity index (χ2n) is 19.0. The standard InChI is InChI=1S/C45H68N2O8/c1-28(2)14-13-15-29(3)34-18-19-35-39-36(21-23-45(34,35)9)44(8)22-20-33(24-32(44)25-37(39)54-42(51)55-43(5,6)7)53-40(49)30(4)47-38(48)26-46-41(50)52-27-31-16-11-10-12-17-31/h10-12,16-17,25,28-30,33-37,39H,13-15,18-24,26-27H2,1-9H3,(H,46,50)(H,47,48). The van der Waals surface area contributed by atoms with E-state index in [2.05, 4.69) is 51.3 Å². The van der Waals surface area contributed by atoms with E-state index in [9.17, 15) is 19.2 Å². The van der Waals surface area contributed by atoms with Crippen molar-refractivity contribution in [1.82, 2.24) is 10.6 Å². The highest BCUT2D eigenvalue weighted by Gasteiger charge is 2.62. The minimum atomic E-state index is -0.907. The first-order valence-corrected chi connectivity index (χ1v) is 20.9. The van der Waals surface area contributed by atoms with Crippen molar-refractivity contribution in [2.24, 2.45) is 46.3 Å². The molecule has 1 aromatic rings. The Balaban J connectivity index is 1.23. The molecule has 10 unspecified atom stereocenters.